The predicted octanol–water partition coefficient (Wildman–Crippen LogP) is 3.91. The Morgan fingerprint density at radius 3 is 2.26 bits per heavy atom. The molecule has 0 radical (unpaired) electrons. The number of hydrogen-bond acceptors (Lipinski definition) is 2. The second-order valence-electron chi connectivity index (χ2n) is 3.93. The third kappa shape index (κ3) is 2.77. The van der Waals surface area contributed by atoms with E-state index in [1.54, 1.807) is 24.3 Å². The molecule has 0 spiro atoms. The molecule has 0 aliphatic rings. The van der Waals surface area contributed by atoms with Crippen molar-refractivity contribution in [1.29, 1.82) is 0 Å². The highest BCUT2D eigenvalue weighted by Gasteiger charge is 2.20. The molecule has 0 bridgehead atoms. The molecule has 1 nitrogen and oxygen atoms in total. The zero-order valence-electron chi connectivity index (χ0n) is 10.0. The van der Waals surface area contributed by atoms with Gasteiger partial charge in [0.25, 0.3) is 0 Å². The van der Waals surface area contributed by atoms with E-state index in [1.807, 2.05) is 6.26 Å². The van der Waals surface area contributed by atoms with Gasteiger partial charge in [0.15, 0.2) is 11.6 Å². The lowest BCUT2D eigenvalue weighted by atomic mass is 10.0. The maximum Gasteiger partial charge on any atom is 0.161 e. The highest BCUT2D eigenvalue weighted by Crippen LogP contribution is 2.31. The van der Waals surface area contributed by atoms with Crippen LogP contribution in [0.25, 0.3) is 0 Å². The van der Waals surface area contributed by atoms with Crippen LogP contribution >= 0.6 is 11.8 Å². The van der Waals surface area contributed by atoms with Crippen molar-refractivity contribution < 1.29 is 18.3 Å². The van der Waals surface area contributed by atoms with Gasteiger partial charge in [-0.15, -0.1) is 11.8 Å². The number of halogens is 3. The molecular formula is C14H11F3OS. The van der Waals surface area contributed by atoms with Gasteiger partial charge in [0.2, 0.25) is 0 Å². The highest BCUT2D eigenvalue weighted by atomic mass is 32.2. The Bertz CT molecular complexity index is 601. The Kier molecular flexibility index (Phi) is 4.17. The van der Waals surface area contributed by atoms with Crippen molar-refractivity contribution >= 4 is 11.8 Å². The number of aliphatic hydroxyl groups excluding tert-OH is 1. The van der Waals surface area contributed by atoms with E-state index in [9.17, 15) is 18.3 Å². The van der Waals surface area contributed by atoms with E-state index >= 15 is 0 Å². The van der Waals surface area contributed by atoms with Gasteiger partial charge in [0.1, 0.15) is 11.9 Å². The summed E-state index contributed by atoms with van der Waals surface area (Å²) in [5.74, 6) is -3.43. The number of thioether (sulfide) groups is 1. The second kappa shape index (κ2) is 5.67. The van der Waals surface area contributed by atoms with E-state index < -0.39 is 23.6 Å². The standard InChI is InChI=1S/C14H11F3OS/c1-19-13-5-3-2-4-8(13)14(18)9-6-11(16)12(17)7-10(9)15/h2-7,14,18H,1H3. The van der Waals surface area contributed by atoms with Gasteiger partial charge < -0.3 is 5.11 Å². The minimum absolute atomic E-state index is 0.277. The average molecular weight is 284 g/mol. The summed E-state index contributed by atoms with van der Waals surface area (Å²) < 4.78 is 39.7. The van der Waals surface area contributed by atoms with Gasteiger partial charge in [-0.05, 0) is 24.0 Å². The van der Waals surface area contributed by atoms with E-state index in [0.717, 1.165) is 4.90 Å². The maximum absolute atomic E-state index is 13.6. The zero-order valence-corrected chi connectivity index (χ0v) is 10.8. The van der Waals surface area contributed by atoms with Crippen molar-refractivity contribution in [2.75, 3.05) is 6.26 Å². The first-order valence-corrected chi connectivity index (χ1v) is 6.72. The topological polar surface area (TPSA) is 20.2 Å². The Balaban J connectivity index is 2.50. The van der Waals surface area contributed by atoms with Crippen LogP contribution in [0.3, 0.4) is 0 Å². The van der Waals surface area contributed by atoms with Crippen molar-refractivity contribution in [3.05, 3.63) is 65.0 Å². The summed E-state index contributed by atoms with van der Waals surface area (Å²) in [4.78, 5) is 0.749. The molecule has 5 heteroatoms. The summed E-state index contributed by atoms with van der Waals surface area (Å²) in [5.41, 5.74) is 0.181. The largest absolute Gasteiger partial charge is 0.384 e. The normalized spacial score (nSPS) is 12.5. The molecule has 2 aromatic rings. The zero-order chi connectivity index (χ0) is 14.0. The fourth-order valence-electron chi connectivity index (χ4n) is 1.81. The molecule has 0 saturated carbocycles. The lowest BCUT2D eigenvalue weighted by Crippen LogP contribution is -2.05. The minimum atomic E-state index is -1.33. The van der Waals surface area contributed by atoms with Crippen LogP contribution in [0.5, 0.6) is 0 Å². The molecule has 2 rings (SSSR count). The second-order valence-corrected chi connectivity index (χ2v) is 4.78. The van der Waals surface area contributed by atoms with Gasteiger partial charge in [-0.2, -0.15) is 0 Å². The molecule has 100 valence electrons. The first-order valence-electron chi connectivity index (χ1n) is 5.50. The number of aliphatic hydroxyl groups is 1. The third-order valence-corrected chi connectivity index (χ3v) is 3.58. The van der Waals surface area contributed by atoms with Gasteiger partial charge in [-0.25, -0.2) is 13.2 Å². The van der Waals surface area contributed by atoms with Crippen LogP contribution in [0.4, 0.5) is 13.2 Å². The van der Waals surface area contributed by atoms with Crippen LogP contribution < -0.4 is 0 Å². The van der Waals surface area contributed by atoms with Crippen molar-refractivity contribution in [3.63, 3.8) is 0 Å². The average Bonchev–Trinajstić information content (AvgIpc) is 2.42. The molecular weight excluding hydrogens is 273 g/mol. The lowest BCUT2D eigenvalue weighted by Gasteiger charge is -2.15. The molecule has 0 heterocycles. The Hall–Kier alpha value is -1.46. The van der Waals surface area contributed by atoms with Gasteiger partial charge in [0, 0.05) is 16.5 Å². The highest BCUT2D eigenvalue weighted by molar-refractivity contribution is 7.98. The van der Waals surface area contributed by atoms with E-state index in [4.69, 9.17) is 0 Å². The fraction of sp³-hybridized carbons (Fsp3) is 0.143. The Labute approximate surface area is 113 Å². The van der Waals surface area contributed by atoms with E-state index in [0.29, 0.717) is 17.7 Å². The molecule has 1 atom stereocenters. The van der Waals surface area contributed by atoms with Crippen molar-refractivity contribution in [3.8, 4) is 0 Å². The molecule has 2 aromatic carbocycles. The fourth-order valence-corrected chi connectivity index (χ4v) is 2.44. The number of rotatable bonds is 3. The maximum atomic E-state index is 13.6. The van der Waals surface area contributed by atoms with Gasteiger partial charge in [-0.1, -0.05) is 18.2 Å². The SMILES string of the molecule is CSc1ccccc1C(O)c1cc(F)c(F)cc1F. The van der Waals surface area contributed by atoms with E-state index in [2.05, 4.69) is 0 Å². The van der Waals surface area contributed by atoms with Gasteiger partial charge in [-0.3, -0.25) is 0 Å². The first kappa shape index (κ1) is 14.0. The molecule has 1 unspecified atom stereocenters. The Morgan fingerprint density at radius 1 is 0.947 bits per heavy atom. The van der Waals surface area contributed by atoms with Gasteiger partial charge in [0.05, 0.1) is 0 Å². The summed E-state index contributed by atoms with van der Waals surface area (Å²) in [7, 11) is 0. The molecule has 0 saturated heterocycles. The van der Waals surface area contributed by atoms with E-state index in [-0.39, 0.29) is 5.56 Å². The molecule has 0 aliphatic carbocycles. The number of hydrogen-bond donors (Lipinski definition) is 1. The molecule has 0 aliphatic heterocycles. The molecule has 19 heavy (non-hydrogen) atoms. The number of benzene rings is 2. The molecule has 0 amide bonds. The van der Waals surface area contributed by atoms with Crippen LogP contribution in [0, 0.1) is 17.5 Å². The van der Waals surface area contributed by atoms with Crippen molar-refractivity contribution in [2.45, 2.75) is 11.0 Å². The lowest BCUT2D eigenvalue weighted by molar-refractivity contribution is 0.211. The van der Waals surface area contributed by atoms with Crippen LogP contribution in [0.2, 0.25) is 0 Å². The van der Waals surface area contributed by atoms with Crippen molar-refractivity contribution in [1.82, 2.24) is 0 Å². The van der Waals surface area contributed by atoms with Crippen molar-refractivity contribution in [2.24, 2.45) is 0 Å². The molecule has 0 aromatic heterocycles. The third-order valence-electron chi connectivity index (χ3n) is 2.77. The first-order chi connectivity index (χ1) is 9.04. The quantitative estimate of drug-likeness (QED) is 0.681. The van der Waals surface area contributed by atoms with Crippen LogP contribution in [-0.2, 0) is 0 Å². The summed E-state index contributed by atoms with van der Waals surface area (Å²) in [6, 6.07) is 7.99. The van der Waals surface area contributed by atoms with Crippen LogP contribution in [0.1, 0.15) is 17.2 Å². The van der Waals surface area contributed by atoms with Crippen LogP contribution in [-0.4, -0.2) is 11.4 Å². The summed E-state index contributed by atoms with van der Waals surface area (Å²) in [6.45, 7) is 0. The summed E-state index contributed by atoms with van der Waals surface area (Å²) in [5, 5.41) is 10.2. The molecule has 0 fully saturated rings. The summed E-state index contributed by atoms with van der Waals surface area (Å²) >= 11 is 1.38. The minimum Gasteiger partial charge on any atom is -0.384 e. The van der Waals surface area contributed by atoms with Crippen LogP contribution in [0.15, 0.2) is 41.3 Å². The molecule has 1 N–H and O–H groups in total. The monoisotopic (exact) mass is 284 g/mol. The Morgan fingerprint density at radius 2 is 1.58 bits per heavy atom. The van der Waals surface area contributed by atoms with Gasteiger partial charge >= 0.3 is 0 Å². The smallest absolute Gasteiger partial charge is 0.161 e. The van der Waals surface area contributed by atoms with E-state index in [1.165, 1.54) is 11.8 Å². The predicted molar refractivity (Wildman–Crippen MR) is 68.6 cm³/mol. The summed E-state index contributed by atoms with van der Waals surface area (Å²) in [6.07, 6.45) is 0.478.